The Hall–Kier alpha value is -2.04. The molecule has 1 rings (SSSR count). The van der Waals surface area contributed by atoms with Gasteiger partial charge in [0.25, 0.3) is 0 Å². The number of hydrogen-bond donors (Lipinski definition) is 1. The maximum atomic E-state index is 13.1. The Bertz CT molecular complexity index is 630. The van der Waals surface area contributed by atoms with Gasteiger partial charge in [-0.15, -0.1) is 0 Å². The van der Waals surface area contributed by atoms with Crippen LogP contribution in [0.4, 0.5) is 4.79 Å². The number of amides is 2. The lowest BCUT2D eigenvalue weighted by Gasteiger charge is -2.37. The van der Waals surface area contributed by atoms with Crippen LogP contribution in [0.25, 0.3) is 0 Å². The Balaban J connectivity index is 3.03. The zero-order chi connectivity index (χ0) is 20.9. The Morgan fingerprint density at radius 3 is 1.93 bits per heavy atom. The average molecular weight is 377 g/mol. The van der Waals surface area contributed by atoms with E-state index in [-0.39, 0.29) is 23.9 Å². The van der Waals surface area contributed by atoms with Crippen LogP contribution in [0, 0.1) is 12.8 Å². The van der Waals surface area contributed by atoms with E-state index in [9.17, 15) is 9.59 Å². The molecule has 0 aliphatic rings. The molecule has 2 unspecified atom stereocenters. The molecular weight excluding hydrogens is 340 g/mol. The van der Waals surface area contributed by atoms with E-state index in [2.05, 4.69) is 5.32 Å². The predicted octanol–water partition coefficient (Wildman–Crippen LogP) is 4.84. The van der Waals surface area contributed by atoms with Crippen molar-refractivity contribution in [3.63, 3.8) is 0 Å². The van der Waals surface area contributed by atoms with Crippen molar-refractivity contribution in [2.75, 3.05) is 0 Å². The molecule has 2 amide bonds. The van der Waals surface area contributed by atoms with Gasteiger partial charge in [-0.1, -0.05) is 43.7 Å². The SMILES string of the molecule is Cc1ccc(C(C)NC(=O)C(C(C)C)N(C(=O)OC(C)(C)C)C(C)C)cc1. The van der Waals surface area contributed by atoms with Gasteiger partial charge in [-0.3, -0.25) is 9.69 Å². The summed E-state index contributed by atoms with van der Waals surface area (Å²) in [5.41, 5.74) is 1.59. The first-order valence-electron chi connectivity index (χ1n) is 9.71. The summed E-state index contributed by atoms with van der Waals surface area (Å²) in [5.74, 6) is -0.220. The molecule has 0 heterocycles. The number of carbonyl (C=O) groups is 2. The fraction of sp³-hybridized carbons (Fsp3) is 0.636. The zero-order valence-electron chi connectivity index (χ0n) is 18.3. The van der Waals surface area contributed by atoms with E-state index in [1.54, 1.807) is 4.90 Å². The van der Waals surface area contributed by atoms with Gasteiger partial charge in [0.15, 0.2) is 0 Å². The van der Waals surface area contributed by atoms with Gasteiger partial charge in [0.05, 0.1) is 6.04 Å². The van der Waals surface area contributed by atoms with E-state index >= 15 is 0 Å². The van der Waals surface area contributed by atoms with E-state index in [0.717, 1.165) is 5.56 Å². The second kappa shape index (κ2) is 9.25. The van der Waals surface area contributed by atoms with Crippen molar-refractivity contribution in [3.05, 3.63) is 35.4 Å². The van der Waals surface area contributed by atoms with Crippen LogP contribution < -0.4 is 5.32 Å². The third-order valence-electron chi connectivity index (χ3n) is 4.30. The molecule has 5 nitrogen and oxygen atoms in total. The van der Waals surface area contributed by atoms with Crippen molar-refractivity contribution in [1.29, 1.82) is 0 Å². The lowest BCUT2D eigenvalue weighted by atomic mass is 9.99. The Labute approximate surface area is 164 Å². The van der Waals surface area contributed by atoms with Gasteiger partial charge in [0, 0.05) is 6.04 Å². The van der Waals surface area contributed by atoms with Crippen LogP contribution in [0.1, 0.15) is 72.6 Å². The van der Waals surface area contributed by atoms with Gasteiger partial charge >= 0.3 is 6.09 Å². The molecule has 0 aliphatic carbocycles. The van der Waals surface area contributed by atoms with Gasteiger partial charge < -0.3 is 10.1 Å². The van der Waals surface area contributed by atoms with Gasteiger partial charge in [-0.2, -0.15) is 0 Å². The smallest absolute Gasteiger partial charge is 0.411 e. The van der Waals surface area contributed by atoms with Crippen LogP contribution in [-0.4, -0.2) is 34.6 Å². The summed E-state index contributed by atoms with van der Waals surface area (Å²) in [6.07, 6.45) is -0.464. The number of nitrogens with zero attached hydrogens (tertiary/aromatic N) is 1. The summed E-state index contributed by atoms with van der Waals surface area (Å²) in [7, 11) is 0. The Morgan fingerprint density at radius 2 is 1.52 bits per heavy atom. The molecule has 0 bridgehead atoms. The maximum Gasteiger partial charge on any atom is 0.411 e. The highest BCUT2D eigenvalue weighted by atomic mass is 16.6. The van der Waals surface area contributed by atoms with E-state index < -0.39 is 17.7 Å². The second-order valence-corrected chi connectivity index (χ2v) is 8.81. The molecule has 0 aromatic heterocycles. The molecule has 0 saturated heterocycles. The molecule has 2 atom stereocenters. The molecule has 1 aromatic carbocycles. The van der Waals surface area contributed by atoms with E-state index in [1.807, 2.05) is 86.6 Å². The number of nitrogens with one attached hydrogen (secondary N) is 1. The van der Waals surface area contributed by atoms with Gasteiger partial charge in [-0.05, 0) is 59.9 Å². The van der Waals surface area contributed by atoms with Crippen LogP contribution in [0.2, 0.25) is 0 Å². The minimum Gasteiger partial charge on any atom is -0.444 e. The molecule has 0 saturated carbocycles. The molecule has 152 valence electrons. The first-order chi connectivity index (χ1) is 12.3. The number of rotatable bonds is 6. The molecule has 1 N–H and O–H groups in total. The zero-order valence-corrected chi connectivity index (χ0v) is 18.3. The number of ether oxygens (including phenoxy) is 1. The molecular formula is C22H36N2O3. The molecule has 0 spiro atoms. The minimum absolute atomic E-state index is 0.0508. The van der Waals surface area contributed by atoms with Crippen molar-refractivity contribution >= 4 is 12.0 Å². The average Bonchev–Trinajstić information content (AvgIpc) is 2.50. The highest BCUT2D eigenvalue weighted by molar-refractivity contribution is 5.86. The summed E-state index contributed by atoms with van der Waals surface area (Å²) in [5, 5.41) is 3.06. The van der Waals surface area contributed by atoms with Gasteiger partial charge in [-0.25, -0.2) is 4.79 Å². The molecule has 0 aliphatic heterocycles. The van der Waals surface area contributed by atoms with E-state index in [1.165, 1.54) is 5.56 Å². The molecule has 0 radical (unpaired) electrons. The molecule has 0 fully saturated rings. The Morgan fingerprint density at radius 1 is 1.00 bits per heavy atom. The van der Waals surface area contributed by atoms with Crippen LogP contribution in [-0.2, 0) is 9.53 Å². The lowest BCUT2D eigenvalue weighted by Crippen LogP contribution is -2.56. The summed E-state index contributed by atoms with van der Waals surface area (Å²) < 4.78 is 5.55. The van der Waals surface area contributed by atoms with Crippen LogP contribution >= 0.6 is 0 Å². The van der Waals surface area contributed by atoms with E-state index in [0.29, 0.717) is 0 Å². The quantitative estimate of drug-likeness (QED) is 0.773. The number of hydrogen-bond acceptors (Lipinski definition) is 3. The van der Waals surface area contributed by atoms with Gasteiger partial charge in [0.1, 0.15) is 11.6 Å². The summed E-state index contributed by atoms with van der Waals surface area (Å²) in [6, 6.07) is 7.17. The minimum atomic E-state index is -0.614. The number of aryl methyl sites for hydroxylation is 1. The molecule has 27 heavy (non-hydrogen) atoms. The fourth-order valence-corrected chi connectivity index (χ4v) is 2.95. The van der Waals surface area contributed by atoms with E-state index in [4.69, 9.17) is 4.74 Å². The Kier molecular flexibility index (Phi) is 7.88. The largest absolute Gasteiger partial charge is 0.444 e. The maximum absolute atomic E-state index is 13.1. The van der Waals surface area contributed by atoms with Crippen molar-refractivity contribution in [2.24, 2.45) is 5.92 Å². The topological polar surface area (TPSA) is 58.6 Å². The first-order valence-corrected chi connectivity index (χ1v) is 9.71. The number of carbonyl (C=O) groups excluding carboxylic acids is 2. The van der Waals surface area contributed by atoms with Crippen LogP contribution in [0.15, 0.2) is 24.3 Å². The third kappa shape index (κ3) is 6.89. The lowest BCUT2D eigenvalue weighted by molar-refractivity contribution is -0.129. The van der Waals surface area contributed by atoms with Crippen LogP contribution in [0.5, 0.6) is 0 Å². The summed E-state index contributed by atoms with van der Waals surface area (Å²) in [6.45, 7) is 17.2. The predicted molar refractivity (Wildman–Crippen MR) is 110 cm³/mol. The van der Waals surface area contributed by atoms with Crippen molar-refractivity contribution in [3.8, 4) is 0 Å². The highest BCUT2D eigenvalue weighted by Gasteiger charge is 2.37. The summed E-state index contributed by atoms with van der Waals surface area (Å²) >= 11 is 0. The van der Waals surface area contributed by atoms with Crippen molar-refractivity contribution in [2.45, 2.75) is 86.0 Å². The normalized spacial score (nSPS) is 14.0. The van der Waals surface area contributed by atoms with Gasteiger partial charge in [0.2, 0.25) is 5.91 Å². The molecule has 1 aromatic rings. The number of benzene rings is 1. The standard InChI is InChI=1S/C22H36N2O3/c1-14(2)19(24(15(3)4)21(26)27-22(7,8)9)20(25)23-17(6)18-12-10-16(5)11-13-18/h10-15,17,19H,1-9H3,(H,23,25). The fourth-order valence-electron chi connectivity index (χ4n) is 2.95. The monoisotopic (exact) mass is 376 g/mol. The first kappa shape index (κ1) is 23.0. The van der Waals surface area contributed by atoms with Crippen molar-refractivity contribution in [1.82, 2.24) is 10.2 Å². The second-order valence-electron chi connectivity index (χ2n) is 8.81. The molecule has 5 heteroatoms. The summed E-state index contributed by atoms with van der Waals surface area (Å²) in [4.78, 5) is 27.4. The van der Waals surface area contributed by atoms with Crippen molar-refractivity contribution < 1.29 is 14.3 Å². The van der Waals surface area contributed by atoms with Crippen LogP contribution in [0.3, 0.4) is 0 Å². The highest BCUT2D eigenvalue weighted by Crippen LogP contribution is 2.21. The third-order valence-corrected chi connectivity index (χ3v) is 4.30.